The first-order valence-corrected chi connectivity index (χ1v) is 9.11. The summed E-state index contributed by atoms with van der Waals surface area (Å²) in [5, 5.41) is 0. The Labute approximate surface area is 158 Å². The van der Waals surface area contributed by atoms with Gasteiger partial charge in [-0.3, -0.25) is 9.59 Å². The standard InChI is InChI=1S/C19H25N5O3/c1-14-3-4-15(13-16(14)27-12-2-5-20)19(26)24-10-8-23(9-11-24)17-18(25)22-7-6-21-17/h3-4,6-7,13H,2,5,8-12,20H2,1H3,(H,22,25). The summed E-state index contributed by atoms with van der Waals surface area (Å²) in [6.45, 7) is 5.26. The molecule has 1 saturated heterocycles. The van der Waals surface area contributed by atoms with Crippen LogP contribution in [0.1, 0.15) is 22.3 Å². The van der Waals surface area contributed by atoms with E-state index >= 15 is 0 Å². The Balaban J connectivity index is 1.64. The lowest BCUT2D eigenvalue weighted by Gasteiger charge is -2.35. The maximum absolute atomic E-state index is 12.9. The van der Waals surface area contributed by atoms with Crippen molar-refractivity contribution in [1.82, 2.24) is 14.9 Å². The highest BCUT2D eigenvalue weighted by atomic mass is 16.5. The van der Waals surface area contributed by atoms with Gasteiger partial charge in [0, 0.05) is 44.1 Å². The van der Waals surface area contributed by atoms with Crippen LogP contribution < -0.4 is 20.9 Å². The minimum absolute atomic E-state index is 0.0340. The number of aromatic amines is 1. The van der Waals surface area contributed by atoms with Crippen molar-refractivity contribution < 1.29 is 9.53 Å². The van der Waals surface area contributed by atoms with Crippen molar-refractivity contribution in [2.75, 3.05) is 44.2 Å². The molecule has 1 aliphatic rings. The van der Waals surface area contributed by atoms with E-state index in [2.05, 4.69) is 9.97 Å². The second kappa shape index (κ2) is 8.68. The summed E-state index contributed by atoms with van der Waals surface area (Å²) < 4.78 is 5.74. The number of H-pyrrole nitrogens is 1. The van der Waals surface area contributed by atoms with Gasteiger partial charge in [-0.1, -0.05) is 6.07 Å². The average Bonchev–Trinajstić information content (AvgIpc) is 2.69. The Morgan fingerprint density at radius 2 is 2.07 bits per heavy atom. The number of amides is 1. The van der Waals surface area contributed by atoms with E-state index in [0.717, 1.165) is 12.0 Å². The molecule has 8 heteroatoms. The minimum Gasteiger partial charge on any atom is -0.493 e. The molecule has 1 aliphatic heterocycles. The van der Waals surface area contributed by atoms with Crippen molar-refractivity contribution in [1.29, 1.82) is 0 Å². The molecule has 0 saturated carbocycles. The second-order valence-electron chi connectivity index (χ2n) is 6.49. The van der Waals surface area contributed by atoms with Crippen LogP contribution in [0.2, 0.25) is 0 Å². The minimum atomic E-state index is -0.213. The molecule has 8 nitrogen and oxygen atoms in total. The van der Waals surface area contributed by atoms with Gasteiger partial charge in [0.1, 0.15) is 5.75 Å². The van der Waals surface area contributed by atoms with Crippen LogP contribution in [0, 0.1) is 6.92 Å². The first kappa shape index (κ1) is 18.9. The van der Waals surface area contributed by atoms with E-state index in [-0.39, 0.29) is 11.5 Å². The molecule has 1 amide bonds. The summed E-state index contributed by atoms with van der Waals surface area (Å²) in [5.74, 6) is 1.08. The van der Waals surface area contributed by atoms with Crippen molar-refractivity contribution in [2.24, 2.45) is 5.73 Å². The summed E-state index contributed by atoms with van der Waals surface area (Å²) in [6.07, 6.45) is 3.84. The molecular formula is C19H25N5O3. The molecule has 27 heavy (non-hydrogen) atoms. The van der Waals surface area contributed by atoms with Gasteiger partial charge in [0.05, 0.1) is 6.61 Å². The van der Waals surface area contributed by atoms with E-state index in [1.807, 2.05) is 24.0 Å². The fourth-order valence-corrected chi connectivity index (χ4v) is 3.03. The molecular weight excluding hydrogens is 346 g/mol. The second-order valence-corrected chi connectivity index (χ2v) is 6.49. The lowest BCUT2D eigenvalue weighted by Crippen LogP contribution is -2.50. The molecule has 144 valence electrons. The zero-order valence-electron chi connectivity index (χ0n) is 15.5. The highest BCUT2D eigenvalue weighted by Gasteiger charge is 2.24. The number of rotatable bonds is 6. The van der Waals surface area contributed by atoms with Gasteiger partial charge in [0.15, 0.2) is 5.82 Å². The van der Waals surface area contributed by atoms with Gasteiger partial charge >= 0.3 is 0 Å². The van der Waals surface area contributed by atoms with Gasteiger partial charge in [-0.25, -0.2) is 4.98 Å². The van der Waals surface area contributed by atoms with Crippen molar-refractivity contribution >= 4 is 11.7 Å². The molecule has 3 N–H and O–H groups in total. The van der Waals surface area contributed by atoms with Gasteiger partial charge < -0.3 is 25.3 Å². The number of carbonyl (C=O) groups is 1. The Morgan fingerprint density at radius 3 is 2.78 bits per heavy atom. The van der Waals surface area contributed by atoms with Crippen LogP contribution in [0.25, 0.3) is 0 Å². The van der Waals surface area contributed by atoms with E-state index in [0.29, 0.717) is 56.5 Å². The maximum atomic E-state index is 12.9. The zero-order chi connectivity index (χ0) is 19.2. The predicted octanol–water partition coefficient (Wildman–Crippen LogP) is 0.768. The van der Waals surface area contributed by atoms with Crippen molar-refractivity contribution in [2.45, 2.75) is 13.3 Å². The summed E-state index contributed by atoms with van der Waals surface area (Å²) >= 11 is 0. The molecule has 0 radical (unpaired) electrons. The van der Waals surface area contributed by atoms with Crippen molar-refractivity contribution in [3.8, 4) is 5.75 Å². The van der Waals surface area contributed by atoms with Crippen LogP contribution in [0.3, 0.4) is 0 Å². The number of piperazine rings is 1. The smallest absolute Gasteiger partial charge is 0.290 e. The molecule has 0 unspecified atom stereocenters. The third-order valence-corrected chi connectivity index (χ3v) is 4.60. The molecule has 3 rings (SSSR count). The van der Waals surface area contributed by atoms with Crippen LogP contribution in [-0.2, 0) is 0 Å². The molecule has 0 spiro atoms. The fourth-order valence-electron chi connectivity index (χ4n) is 3.03. The number of nitrogens with two attached hydrogens (primary N) is 1. The number of carbonyl (C=O) groups excluding carboxylic acids is 1. The normalized spacial score (nSPS) is 14.3. The van der Waals surface area contributed by atoms with Crippen LogP contribution in [0.4, 0.5) is 5.82 Å². The number of aryl methyl sites for hydroxylation is 1. The van der Waals surface area contributed by atoms with Crippen molar-refractivity contribution in [3.63, 3.8) is 0 Å². The third kappa shape index (κ3) is 4.46. The topological polar surface area (TPSA) is 105 Å². The number of benzene rings is 1. The van der Waals surface area contributed by atoms with Gasteiger partial charge in [-0.2, -0.15) is 0 Å². The van der Waals surface area contributed by atoms with E-state index in [1.54, 1.807) is 17.2 Å². The summed E-state index contributed by atoms with van der Waals surface area (Å²) in [4.78, 5) is 35.2. The summed E-state index contributed by atoms with van der Waals surface area (Å²) in [6, 6.07) is 5.52. The first-order valence-electron chi connectivity index (χ1n) is 9.11. The highest BCUT2D eigenvalue weighted by molar-refractivity contribution is 5.95. The lowest BCUT2D eigenvalue weighted by atomic mass is 10.1. The zero-order valence-corrected chi connectivity index (χ0v) is 15.5. The maximum Gasteiger partial charge on any atom is 0.290 e. The van der Waals surface area contributed by atoms with E-state index < -0.39 is 0 Å². The number of ether oxygens (including phenoxy) is 1. The number of anilines is 1. The van der Waals surface area contributed by atoms with Crippen LogP contribution in [-0.4, -0.2) is 60.1 Å². The largest absolute Gasteiger partial charge is 0.493 e. The fraction of sp³-hybridized carbons (Fsp3) is 0.421. The first-order chi connectivity index (χ1) is 13.1. The summed E-state index contributed by atoms with van der Waals surface area (Å²) in [5.41, 5.74) is 6.88. The number of nitrogens with one attached hydrogen (secondary N) is 1. The van der Waals surface area contributed by atoms with Crippen LogP contribution >= 0.6 is 0 Å². The number of nitrogens with zero attached hydrogens (tertiary/aromatic N) is 3. The summed E-state index contributed by atoms with van der Waals surface area (Å²) in [7, 11) is 0. The predicted molar refractivity (Wildman–Crippen MR) is 103 cm³/mol. The molecule has 0 bridgehead atoms. The monoisotopic (exact) mass is 371 g/mol. The molecule has 2 heterocycles. The molecule has 1 aromatic heterocycles. The van der Waals surface area contributed by atoms with Crippen molar-refractivity contribution in [3.05, 3.63) is 52.1 Å². The van der Waals surface area contributed by atoms with E-state index in [1.165, 1.54) is 6.20 Å². The van der Waals surface area contributed by atoms with E-state index in [4.69, 9.17) is 10.5 Å². The SMILES string of the molecule is Cc1ccc(C(=O)N2CCN(c3ncc[nH]c3=O)CC2)cc1OCCCN. The molecule has 0 atom stereocenters. The quantitative estimate of drug-likeness (QED) is 0.727. The average molecular weight is 371 g/mol. The van der Waals surface area contributed by atoms with Gasteiger partial charge in [-0.15, -0.1) is 0 Å². The Morgan fingerprint density at radius 1 is 1.30 bits per heavy atom. The number of hydrogen-bond donors (Lipinski definition) is 2. The number of hydrogen-bond acceptors (Lipinski definition) is 6. The van der Waals surface area contributed by atoms with Crippen LogP contribution in [0.15, 0.2) is 35.4 Å². The van der Waals surface area contributed by atoms with E-state index in [9.17, 15) is 9.59 Å². The highest BCUT2D eigenvalue weighted by Crippen LogP contribution is 2.21. The molecule has 2 aromatic rings. The lowest BCUT2D eigenvalue weighted by molar-refractivity contribution is 0.0746. The van der Waals surface area contributed by atoms with Gasteiger partial charge in [-0.05, 0) is 37.6 Å². The van der Waals surface area contributed by atoms with Gasteiger partial charge in [0.25, 0.3) is 11.5 Å². The molecule has 0 aliphatic carbocycles. The molecule has 1 aromatic carbocycles. The Bertz CT molecular complexity index is 843. The Kier molecular flexibility index (Phi) is 6.08. The third-order valence-electron chi connectivity index (χ3n) is 4.60. The van der Waals surface area contributed by atoms with Gasteiger partial charge in [0.2, 0.25) is 0 Å². The number of aromatic nitrogens is 2. The Hall–Kier alpha value is -2.87. The van der Waals surface area contributed by atoms with Crippen LogP contribution in [0.5, 0.6) is 5.75 Å². The molecule has 1 fully saturated rings.